The van der Waals surface area contributed by atoms with Crippen molar-refractivity contribution in [1.82, 2.24) is 9.55 Å². The number of nitrogens with zero attached hydrogens (tertiary/aromatic N) is 2. The van der Waals surface area contributed by atoms with Crippen LogP contribution in [0.4, 0.5) is 10.8 Å². The number of hydrogen-bond acceptors (Lipinski definition) is 5. The van der Waals surface area contributed by atoms with Gasteiger partial charge in [0.1, 0.15) is 0 Å². The van der Waals surface area contributed by atoms with E-state index < -0.39 is 5.91 Å². The summed E-state index contributed by atoms with van der Waals surface area (Å²) in [6.45, 7) is 0. The number of halogens is 1. The van der Waals surface area contributed by atoms with Crippen molar-refractivity contribution in [3.8, 4) is 5.69 Å². The molecule has 0 aliphatic carbocycles. The first kappa shape index (κ1) is 19.0. The zero-order valence-electron chi connectivity index (χ0n) is 15.0. The molecule has 29 heavy (non-hydrogen) atoms. The quantitative estimate of drug-likeness (QED) is 0.471. The molecule has 0 radical (unpaired) electrons. The first-order valence-electron chi connectivity index (χ1n) is 8.60. The summed E-state index contributed by atoms with van der Waals surface area (Å²) in [5, 5.41) is 8.23. The summed E-state index contributed by atoms with van der Waals surface area (Å²) < 4.78 is 6.91. The third kappa shape index (κ3) is 4.56. The van der Waals surface area contributed by atoms with Crippen molar-refractivity contribution in [2.24, 2.45) is 0 Å². The Hall–Kier alpha value is -3.36. The highest BCUT2D eigenvalue weighted by Gasteiger charge is 2.14. The minimum atomic E-state index is -0.391. The lowest BCUT2D eigenvalue weighted by atomic mass is 10.2. The normalized spacial score (nSPS) is 10.7. The van der Waals surface area contributed by atoms with Crippen molar-refractivity contribution in [3.05, 3.63) is 83.0 Å². The second-order valence-electron chi connectivity index (χ2n) is 6.05. The average molecular weight is 427 g/mol. The van der Waals surface area contributed by atoms with Gasteiger partial charge in [0.2, 0.25) is 5.91 Å². The van der Waals surface area contributed by atoms with Gasteiger partial charge < -0.3 is 14.3 Å². The number of anilines is 2. The van der Waals surface area contributed by atoms with Crippen LogP contribution < -0.4 is 10.6 Å². The van der Waals surface area contributed by atoms with E-state index in [4.69, 9.17) is 16.0 Å². The first-order chi connectivity index (χ1) is 14.1. The maximum absolute atomic E-state index is 12.5. The molecular weight excluding hydrogens is 412 g/mol. The van der Waals surface area contributed by atoms with Crippen molar-refractivity contribution in [2.75, 3.05) is 10.6 Å². The standard InChI is InChI=1S/C20H15ClN4O3S/c21-13-5-6-15(16(10-13)25-7-1-2-8-25)23-18(26)11-14-12-29-20(22-14)24-19(27)17-4-3-9-28-17/h1-10,12H,11H2,(H,23,26)(H,22,24,27). The van der Waals surface area contributed by atoms with Crippen LogP contribution in [0.1, 0.15) is 16.2 Å². The molecule has 0 unspecified atom stereocenters. The Balaban J connectivity index is 1.42. The summed E-state index contributed by atoms with van der Waals surface area (Å²) in [6, 6.07) is 12.2. The van der Waals surface area contributed by atoms with E-state index in [2.05, 4.69) is 15.6 Å². The summed E-state index contributed by atoms with van der Waals surface area (Å²) in [5.74, 6) is -0.424. The monoisotopic (exact) mass is 426 g/mol. The molecule has 4 aromatic rings. The van der Waals surface area contributed by atoms with Crippen molar-refractivity contribution >= 4 is 45.6 Å². The van der Waals surface area contributed by atoms with E-state index in [1.807, 2.05) is 29.1 Å². The molecule has 2 amide bonds. The fraction of sp³-hybridized carbons (Fsp3) is 0.0500. The van der Waals surface area contributed by atoms with Crippen molar-refractivity contribution in [2.45, 2.75) is 6.42 Å². The van der Waals surface area contributed by atoms with Crippen LogP contribution in [-0.4, -0.2) is 21.4 Å². The van der Waals surface area contributed by atoms with Gasteiger partial charge in [0.05, 0.1) is 29.8 Å². The van der Waals surface area contributed by atoms with Crippen LogP contribution in [0.25, 0.3) is 5.69 Å². The van der Waals surface area contributed by atoms with Crippen LogP contribution >= 0.6 is 22.9 Å². The lowest BCUT2D eigenvalue weighted by Crippen LogP contribution is -2.16. The van der Waals surface area contributed by atoms with Gasteiger partial charge in [-0.2, -0.15) is 0 Å². The molecule has 9 heteroatoms. The zero-order chi connectivity index (χ0) is 20.2. The van der Waals surface area contributed by atoms with Gasteiger partial charge in [0.15, 0.2) is 10.9 Å². The Kier molecular flexibility index (Phi) is 5.46. The molecule has 0 fully saturated rings. The van der Waals surface area contributed by atoms with Crippen LogP contribution in [0.3, 0.4) is 0 Å². The van der Waals surface area contributed by atoms with Crippen molar-refractivity contribution < 1.29 is 14.0 Å². The van der Waals surface area contributed by atoms with E-state index in [0.29, 0.717) is 21.5 Å². The smallest absolute Gasteiger partial charge is 0.293 e. The third-order valence-electron chi connectivity index (χ3n) is 3.98. The van der Waals surface area contributed by atoms with E-state index in [9.17, 15) is 9.59 Å². The predicted molar refractivity (Wildman–Crippen MR) is 112 cm³/mol. The third-order valence-corrected chi connectivity index (χ3v) is 5.02. The van der Waals surface area contributed by atoms with Gasteiger partial charge >= 0.3 is 0 Å². The van der Waals surface area contributed by atoms with Crippen molar-refractivity contribution in [3.63, 3.8) is 0 Å². The molecule has 7 nitrogen and oxygen atoms in total. The molecular formula is C20H15ClN4O3S. The Morgan fingerprint density at radius 2 is 1.97 bits per heavy atom. The van der Waals surface area contributed by atoms with Crippen molar-refractivity contribution in [1.29, 1.82) is 0 Å². The fourth-order valence-electron chi connectivity index (χ4n) is 2.69. The second-order valence-corrected chi connectivity index (χ2v) is 7.35. The molecule has 0 saturated carbocycles. The van der Waals surface area contributed by atoms with E-state index in [1.165, 1.54) is 17.6 Å². The van der Waals surface area contributed by atoms with E-state index in [1.54, 1.807) is 35.7 Å². The van der Waals surface area contributed by atoms with Gasteiger partial charge in [-0.15, -0.1) is 11.3 Å². The highest BCUT2D eigenvalue weighted by Crippen LogP contribution is 2.25. The lowest BCUT2D eigenvalue weighted by Gasteiger charge is -2.12. The summed E-state index contributed by atoms with van der Waals surface area (Å²) in [6.07, 6.45) is 5.23. The van der Waals surface area contributed by atoms with Gasteiger partial charge in [-0.05, 0) is 42.5 Å². The number of nitrogens with one attached hydrogen (secondary N) is 2. The zero-order valence-corrected chi connectivity index (χ0v) is 16.5. The molecule has 0 atom stereocenters. The van der Waals surface area contributed by atoms with Crippen LogP contribution in [-0.2, 0) is 11.2 Å². The first-order valence-corrected chi connectivity index (χ1v) is 9.86. The van der Waals surface area contributed by atoms with E-state index in [-0.39, 0.29) is 18.1 Å². The van der Waals surface area contributed by atoms with Gasteiger partial charge in [0, 0.05) is 22.8 Å². The summed E-state index contributed by atoms with van der Waals surface area (Å²) in [7, 11) is 0. The van der Waals surface area contributed by atoms with Gasteiger partial charge in [-0.25, -0.2) is 4.98 Å². The summed E-state index contributed by atoms with van der Waals surface area (Å²) in [5.41, 5.74) is 1.96. The van der Waals surface area contributed by atoms with Crippen LogP contribution in [0.5, 0.6) is 0 Å². The van der Waals surface area contributed by atoms with Crippen LogP contribution in [0.15, 0.2) is 70.9 Å². The largest absolute Gasteiger partial charge is 0.459 e. The molecule has 146 valence electrons. The molecule has 1 aromatic carbocycles. The molecule has 0 bridgehead atoms. The SMILES string of the molecule is O=C(Cc1csc(NC(=O)c2ccco2)n1)Nc1ccc(Cl)cc1-n1cccc1. The molecule has 3 heterocycles. The number of rotatable bonds is 6. The molecule has 0 aliphatic rings. The topological polar surface area (TPSA) is 89.2 Å². The number of thiazole rings is 1. The second kappa shape index (κ2) is 8.34. The summed E-state index contributed by atoms with van der Waals surface area (Å²) in [4.78, 5) is 28.8. The van der Waals surface area contributed by atoms with Crippen LogP contribution in [0, 0.1) is 0 Å². The average Bonchev–Trinajstić information content (AvgIpc) is 3.46. The highest BCUT2D eigenvalue weighted by molar-refractivity contribution is 7.14. The molecule has 0 spiro atoms. The number of aromatic nitrogens is 2. The number of amides is 2. The highest BCUT2D eigenvalue weighted by atomic mass is 35.5. The minimum Gasteiger partial charge on any atom is -0.459 e. The van der Waals surface area contributed by atoms with E-state index >= 15 is 0 Å². The lowest BCUT2D eigenvalue weighted by molar-refractivity contribution is -0.115. The maximum Gasteiger partial charge on any atom is 0.293 e. The van der Waals surface area contributed by atoms with Crippen LogP contribution in [0.2, 0.25) is 5.02 Å². The number of carbonyl (C=O) groups is 2. The maximum atomic E-state index is 12.5. The summed E-state index contributed by atoms with van der Waals surface area (Å²) >= 11 is 7.35. The van der Waals surface area contributed by atoms with Gasteiger partial charge in [0.25, 0.3) is 5.91 Å². The van der Waals surface area contributed by atoms with Gasteiger partial charge in [-0.1, -0.05) is 11.6 Å². The molecule has 3 aromatic heterocycles. The Morgan fingerprint density at radius 1 is 1.14 bits per heavy atom. The number of carbonyl (C=O) groups excluding carboxylic acids is 2. The molecule has 2 N–H and O–H groups in total. The Labute approximate surface area is 174 Å². The minimum absolute atomic E-state index is 0.0703. The Morgan fingerprint density at radius 3 is 2.72 bits per heavy atom. The number of furan rings is 1. The predicted octanol–water partition coefficient (Wildman–Crippen LogP) is 4.61. The Bertz CT molecular complexity index is 1140. The van der Waals surface area contributed by atoms with Gasteiger partial charge in [-0.3, -0.25) is 14.9 Å². The fourth-order valence-corrected chi connectivity index (χ4v) is 3.56. The molecule has 0 saturated heterocycles. The number of benzene rings is 1. The van der Waals surface area contributed by atoms with E-state index in [0.717, 1.165) is 5.69 Å². The molecule has 4 rings (SSSR count). The number of hydrogen-bond donors (Lipinski definition) is 2. The molecule has 0 aliphatic heterocycles.